The van der Waals surface area contributed by atoms with Crippen molar-refractivity contribution in [2.45, 2.75) is 5.41 Å². The van der Waals surface area contributed by atoms with E-state index in [1.54, 1.807) is 0 Å². The number of anilines is 3. The number of hydrogen-bond donors (Lipinski definition) is 0. The van der Waals surface area contributed by atoms with Crippen LogP contribution in [0.1, 0.15) is 22.3 Å². The molecule has 11 aromatic carbocycles. The molecule has 0 aliphatic heterocycles. The van der Waals surface area contributed by atoms with Gasteiger partial charge in [-0.05, 0) is 130 Å². The molecule has 1 heteroatoms. The Morgan fingerprint density at radius 2 is 0.688 bits per heavy atom. The Morgan fingerprint density at radius 3 is 1.31 bits per heavy atom. The zero-order valence-corrected chi connectivity index (χ0v) is 35.1. The van der Waals surface area contributed by atoms with Crippen molar-refractivity contribution in [3.8, 4) is 55.6 Å². The maximum absolute atomic E-state index is 2.50. The van der Waals surface area contributed by atoms with Crippen LogP contribution >= 0.6 is 0 Å². The Morgan fingerprint density at radius 1 is 0.250 bits per heavy atom. The quantitative estimate of drug-likeness (QED) is 0.151. The topological polar surface area (TPSA) is 3.24 Å². The maximum atomic E-state index is 2.50. The van der Waals surface area contributed by atoms with E-state index in [0.717, 1.165) is 17.1 Å². The third-order valence-corrected chi connectivity index (χ3v) is 13.9. The predicted octanol–water partition coefficient (Wildman–Crippen LogP) is 16.8. The summed E-state index contributed by atoms with van der Waals surface area (Å²) in [5.41, 5.74) is 20.8. The Kier molecular flexibility index (Phi) is 8.20. The summed E-state index contributed by atoms with van der Waals surface area (Å²) in [6.07, 6.45) is 0. The van der Waals surface area contributed by atoms with E-state index in [9.17, 15) is 0 Å². The van der Waals surface area contributed by atoms with Crippen LogP contribution in [-0.2, 0) is 5.41 Å². The van der Waals surface area contributed by atoms with Gasteiger partial charge in [0, 0.05) is 16.8 Å². The summed E-state index contributed by atoms with van der Waals surface area (Å²) in [5.74, 6) is 0. The zero-order chi connectivity index (χ0) is 42.2. The largest absolute Gasteiger partial charge is 0.310 e. The van der Waals surface area contributed by atoms with Crippen LogP contribution < -0.4 is 4.90 Å². The predicted molar refractivity (Wildman–Crippen MR) is 269 cm³/mol. The molecular formula is C63H41N. The fourth-order valence-electron chi connectivity index (χ4n) is 11.0. The molecule has 0 N–H and O–H groups in total. The summed E-state index contributed by atoms with van der Waals surface area (Å²) in [6, 6.07) is 92.0. The SMILES string of the molecule is c1ccc(-c2cccc(-c3ccc(-c4ccc(N(c5ccc6c(c5)C5(c7ccccc7-c7ccccc75)c5ccccc5-6)c5cc6ccccc6c6ccccc56)cc4)cc3)c2)cc1. The summed E-state index contributed by atoms with van der Waals surface area (Å²) in [7, 11) is 0. The van der Waals surface area contributed by atoms with E-state index >= 15 is 0 Å². The first-order valence-electron chi connectivity index (χ1n) is 22.2. The average molecular weight is 812 g/mol. The molecule has 1 nitrogen and oxygen atoms in total. The highest BCUT2D eigenvalue weighted by Gasteiger charge is 2.51. The molecule has 1 spiro atoms. The summed E-state index contributed by atoms with van der Waals surface area (Å²) >= 11 is 0. The van der Waals surface area contributed by atoms with Crippen molar-refractivity contribution < 1.29 is 0 Å². The van der Waals surface area contributed by atoms with Crippen molar-refractivity contribution in [2.24, 2.45) is 0 Å². The first-order valence-corrected chi connectivity index (χ1v) is 22.2. The van der Waals surface area contributed by atoms with Gasteiger partial charge in [0.25, 0.3) is 0 Å². The van der Waals surface area contributed by atoms with Gasteiger partial charge in [-0.3, -0.25) is 0 Å². The molecule has 0 amide bonds. The van der Waals surface area contributed by atoms with Crippen molar-refractivity contribution in [1.82, 2.24) is 0 Å². The van der Waals surface area contributed by atoms with Gasteiger partial charge in [0.2, 0.25) is 0 Å². The minimum atomic E-state index is -0.439. The van der Waals surface area contributed by atoms with Crippen LogP contribution in [0.3, 0.4) is 0 Å². The summed E-state index contributed by atoms with van der Waals surface area (Å²) < 4.78 is 0. The lowest BCUT2D eigenvalue weighted by Crippen LogP contribution is -2.26. The van der Waals surface area contributed by atoms with Crippen LogP contribution in [0.2, 0.25) is 0 Å². The molecule has 2 aliphatic carbocycles. The number of nitrogens with zero attached hydrogens (tertiary/aromatic N) is 1. The lowest BCUT2D eigenvalue weighted by atomic mass is 9.70. The molecule has 0 unspecified atom stereocenters. The average Bonchev–Trinajstić information content (AvgIpc) is 3.84. The normalized spacial score (nSPS) is 12.8. The minimum Gasteiger partial charge on any atom is -0.310 e. The highest BCUT2D eigenvalue weighted by molar-refractivity contribution is 6.14. The van der Waals surface area contributed by atoms with Crippen LogP contribution in [0.25, 0.3) is 77.2 Å². The Labute approximate surface area is 373 Å². The molecule has 298 valence electrons. The second kappa shape index (κ2) is 14.4. The highest BCUT2D eigenvalue weighted by atomic mass is 15.1. The van der Waals surface area contributed by atoms with Crippen molar-refractivity contribution in [1.29, 1.82) is 0 Å². The number of rotatable bonds is 6. The number of hydrogen-bond acceptors (Lipinski definition) is 1. The van der Waals surface area contributed by atoms with Crippen molar-refractivity contribution in [3.63, 3.8) is 0 Å². The first kappa shape index (κ1) is 36.4. The fraction of sp³-hybridized carbons (Fsp3) is 0.0159. The van der Waals surface area contributed by atoms with Gasteiger partial charge >= 0.3 is 0 Å². The van der Waals surface area contributed by atoms with E-state index in [0.29, 0.717) is 0 Å². The van der Waals surface area contributed by atoms with E-state index in [1.165, 1.54) is 99.4 Å². The second-order valence-corrected chi connectivity index (χ2v) is 17.2. The summed E-state index contributed by atoms with van der Waals surface area (Å²) in [6.45, 7) is 0. The van der Waals surface area contributed by atoms with Gasteiger partial charge in [0.15, 0.2) is 0 Å². The van der Waals surface area contributed by atoms with E-state index in [-0.39, 0.29) is 0 Å². The smallest absolute Gasteiger partial charge is 0.0726 e. The van der Waals surface area contributed by atoms with Gasteiger partial charge in [0.1, 0.15) is 0 Å². The molecule has 0 saturated carbocycles. The van der Waals surface area contributed by atoms with E-state index in [4.69, 9.17) is 0 Å². The molecule has 2 aliphatic rings. The van der Waals surface area contributed by atoms with Crippen LogP contribution in [0.15, 0.2) is 249 Å². The number of fused-ring (bicyclic) bond motifs is 13. The minimum absolute atomic E-state index is 0.439. The zero-order valence-electron chi connectivity index (χ0n) is 35.1. The Balaban J connectivity index is 0.969. The molecule has 0 atom stereocenters. The third kappa shape index (κ3) is 5.44. The standard InChI is InChI=1S/C63H41N/c1-2-15-42(16-3-1)46-18-14-19-47(39-46)45-31-29-43(30-32-45)44-33-35-49(36-34-44)64(62-40-48-17-4-5-20-51(48)52-21-6-7-25-57(52)62)50-37-38-56-55-24-10-13-28-60(55)63(61(56)41-50)58-26-11-8-22-53(58)54-23-9-12-27-59(54)63/h1-41H. The van der Waals surface area contributed by atoms with Gasteiger partial charge in [-0.2, -0.15) is 0 Å². The van der Waals surface area contributed by atoms with Gasteiger partial charge in [0.05, 0.1) is 11.1 Å². The summed E-state index contributed by atoms with van der Waals surface area (Å²) in [5, 5.41) is 4.94. The van der Waals surface area contributed by atoms with Gasteiger partial charge in [-0.1, -0.05) is 212 Å². The Bertz CT molecular complexity index is 3540. The van der Waals surface area contributed by atoms with E-state index < -0.39 is 5.41 Å². The molecule has 0 bridgehead atoms. The van der Waals surface area contributed by atoms with Gasteiger partial charge in [-0.25, -0.2) is 0 Å². The van der Waals surface area contributed by atoms with Crippen LogP contribution in [-0.4, -0.2) is 0 Å². The van der Waals surface area contributed by atoms with Crippen molar-refractivity contribution in [2.75, 3.05) is 4.90 Å². The van der Waals surface area contributed by atoms with Crippen molar-refractivity contribution in [3.05, 3.63) is 271 Å². The molecule has 13 rings (SSSR count). The van der Waals surface area contributed by atoms with Gasteiger partial charge < -0.3 is 4.90 Å². The lowest BCUT2D eigenvalue weighted by molar-refractivity contribution is 0.793. The van der Waals surface area contributed by atoms with E-state index in [1.807, 2.05) is 0 Å². The first-order chi connectivity index (χ1) is 31.7. The molecule has 0 fully saturated rings. The maximum Gasteiger partial charge on any atom is 0.0726 e. The molecule has 0 radical (unpaired) electrons. The molecule has 64 heavy (non-hydrogen) atoms. The number of benzene rings is 11. The molecule has 0 heterocycles. The second-order valence-electron chi connectivity index (χ2n) is 17.2. The van der Waals surface area contributed by atoms with E-state index in [2.05, 4.69) is 254 Å². The Hall–Kier alpha value is -8.26. The summed E-state index contributed by atoms with van der Waals surface area (Å²) in [4.78, 5) is 2.49. The van der Waals surface area contributed by atoms with Crippen molar-refractivity contribution >= 4 is 38.6 Å². The lowest BCUT2D eigenvalue weighted by Gasteiger charge is -2.32. The molecular weight excluding hydrogens is 771 g/mol. The highest BCUT2D eigenvalue weighted by Crippen LogP contribution is 2.63. The van der Waals surface area contributed by atoms with Gasteiger partial charge in [-0.15, -0.1) is 0 Å². The monoisotopic (exact) mass is 811 g/mol. The molecule has 11 aromatic rings. The molecule has 0 aromatic heterocycles. The van der Waals surface area contributed by atoms with Crippen LogP contribution in [0.4, 0.5) is 17.1 Å². The molecule has 0 saturated heterocycles. The van der Waals surface area contributed by atoms with Crippen LogP contribution in [0, 0.1) is 0 Å². The van der Waals surface area contributed by atoms with Crippen LogP contribution in [0.5, 0.6) is 0 Å². The fourth-order valence-corrected chi connectivity index (χ4v) is 11.0. The third-order valence-electron chi connectivity index (χ3n) is 13.9.